The first kappa shape index (κ1) is 59.5. The van der Waals surface area contributed by atoms with E-state index in [-0.39, 0.29) is 0 Å². The van der Waals surface area contributed by atoms with Gasteiger partial charge in [0.05, 0.1) is 0 Å². The number of hydrogen-bond donors (Lipinski definition) is 0. The van der Waals surface area contributed by atoms with E-state index < -0.39 is 45.2 Å². The summed E-state index contributed by atoms with van der Waals surface area (Å²) in [6.45, 7) is 13.4. The predicted octanol–water partition coefficient (Wildman–Crippen LogP) is 19.4. The fraction of sp³-hybridized carbons (Fsp3) is 1.00. The molecular weight excluding hydrogens is 857 g/mol. The molecule has 0 spiro atoms. The van der Waals surface area contributed by atoms with E-state index in [0.717, 1.165) is 116 Å². The molecule has 10 heteroatoms. The molecule has 0 saturated carbocycles. The average Bonchev–Trinajstić information content (AvgIpc) is 3.20. The van der Waals surface area contributed by atoms with E-state index in [9.17, 15) is 0 Å². The fourth-order valence-corrected chi connectivity index (χ4v) is 26.8. The molecule has 0 radical (unpaired) electrons. The van der Waals surface area contributed by atoms with Crippen molar-refractivity contribution < 1.29 is 44.6 Å². The van der Waals surface area contributed by atoms with Gasteiger partial charge < -0.3 is 0 Å². The van der Waals surface area contributed by atoms with Crippen LogP contribution in [0.15, 0.2) is 0 Å². The Morgan fingerprint density at radius 2 is 0.379 bits per heavy atom. The normalized spacial score (nSPS) is 12.5. The summed E-state index contributed by atoms with van der Waals surface area (Å²) in [4.78, 5) is 0. The van der Waals surface area contributed by atoms with Crippen LogP contribution in [0.4, 0.5) is 0 Å². The second kappa shape index (κ2) is 42.4. The quantitative estimate of drug-likeness (QED) is 0.0447. The molecule has 0 N–H and O–H groups in total. The number of hydrogen-bond acceptors (Lipinski definition) is 6. The second-order valence-corrected chi connectivity index (χ2v) is 31.3. The van der Waals surface area contributed by atoms with E-state index in [1.54, 1.807) is 0 Å². The molecule has 0 rings (SSSR count). The predicted molar refractivity (Wildman–Crippen MR) is 256 cm³/mol. The zero-order valence-electron chi connectivity index (χ0n) is 40.0. The Morgan fingerprint density at radius 1 is 0.241 bits per heavy atom. The van der Waals surface area contributed by atoms with Crippen molar-refractivity contribution in [1.29, 1.82) is 0 Å². The monoisotopic (exact) mass is 958 g/mol. The van der Waals surface area contributed by atoms with Crippen LogP contribution in [0, 0.1) is 0 Å². The van der Waals surface area contributed by atoms with Crippen LogP contribution in [0.3, 0.4) is 0 Å². The summed E-state index contributed by atoms with van der Waals surface area (Å²) in [7, 11) is -9.42. The Hall–Kier alpha value is 1.45. The van der Waals surface area contributed by atoms with E-state index >= 15 is 13.7 Å². The Balaban J connectivity index is 6.56. The molecule has 6 nitrogen and oxygen atoms in total. The first-order valence-corrected chi connectivity index (χ1v) is 34.8. The van der Waals surface area contributed by atoms with Gasteiger partial charge in [0.1, 0.15) is 0 Å². The third kappa shape index (κ3) is 36.9. The summed E-state index contributed by atoms with van der Waals surface area (Å²) in [6, 6.07) is 0. The summed E-state index contributed by atoms with van der Waals surface area (Å²) in [5.41, 5.74) is 0. The molecule has 0 amide bonds. The van der Waals surface area contributed by atoms with E-state index in [0.29, 0.717) is 37.0 Å². The topological polar surface area (TPSA) is 78.9 Å². The van der Waals surface area contributed by atoms with Gasteiger partial charge in [0.25, 0.3) is 0 Å². The Bertz CT molecular complexity index is 830. The molecule has 0 aromatic heterocycles. The zero-order valence-corrected chi connectivity index (χ0v) is 45.1. The molecule has 0 aliphatic carbocycles. The van der Waals surface area contributed by atoms with Crippen molar-refractivity contribution in [3.8, 4) is 0 Å². The van der Waals surface area contributed by atoms with Gasteiger partial charge in [0.15, 0.2) is 0 Å². The number of rotatable bonds is 48. The maximum atomic E-state index is 15.1. The standard InChI is InChI=1S/3C16H35O2P.Zr/c3*1-3-5-7-9-11-13-15-19(17,18)16-14-12-10-8-6-4-2;/h3*3-16H2,1-2H3,(H,17,18);/q;;;+3/p-3. The molecule has 349 valence electrons. The molecular formula is C48H102O6P3Zr. The summed E-state index contributed by atoms with van der Waals surface area (Å²) >= 11 is -4.12. The summed E-state index contributed by atoms with van der Waals surface area (Å²) < 4.78 is 66.0. The van der Waals surface area contributed by atoms with Crippen molar-refractivity contribution in [3.05, 3.63) is 0 Å². The molecule has 0 bridgehead atoms. The van der Waals surface area contributed by atoms with Crippen LogP contribution < -0.4 is 0 Å². The Morgan fingerprint density at radius 3 is 0.534 bits per heavy atom. The third-order valence-electron chi connectivity index (χ3n) is 11.8. The summed E-state index contributed by atoms with van der Waals surface area (Å²) in [6.07, 6.45) is 43.6. The van der Waals surface area contributed by atoms with Crippen molar-refractivity contribution in [2.24, 2.45) is 0 Å². The molecule has 0 aliphatic rings. The van der Waals surface area contributed by atoms with Gasteiger partial charge in [-0.1, -0.05) is 0 Å². The van der Waals surface area contributed by atoms with Crippen molar-refractivity contribution in [1.82, 2.24) is 0 Å². The van der Waals surface area contributed by atoms with Crippen LogP contribution in [-0.2, 0) is 44.6 Å². The molecule has 0 heterocycles. The number of unbranched alkanes of at least 4 members (excludes halogenated alkanes) is 30. The van der Waals surface area contributed by atoms with Crippen molar-refractivity contribution in [2.75, 3.05) is 37.0 Å². The third-order valence-corrected chi connectivity index (χ3v) is 29.9. The van der Waals surface area contributed by atoms with Crippen LogP contribution in [-0.4, -0.2) is 37.0 Å². The van der Waals surface area contributed by atoms with Crippen LogP contribution in [0.1, 0.15) is 273 Å². The SMILES string of the molecule is CCCCCCCCP(=O)(CCCCCCCC)[O][Zr]([O]P(=O)(CCCCCCCC)CCCCCCCC)[O]P(=O)(CCCCCCCC)CCCCCCCC. The van der Waals surface area contributed by atoms with Crippen molar-refractivity contribution in [3.63, 3.8) is 0 Å². The molecule has 0 fully saturated rings. The van der Waals surface area contributed by atoms with Gasteiger partial charge >= 0.3 is 376 Å². The summed E-state index contributed by atoms with van der Waals surface area (Å²) in [5, 5.41) is 0. The van der Waals surface area contributed by atoms with Gasteiger partial charge in [0.2, 0.25) is 0 Å². The van der Waals surface area contributed by atoms with Crippen molar-refractivity contribution >= 4 is 22.1 Å². The maximum absolute atomic E-state index is 15.1. The molecule has 0 aromatic carbocycles. The summed E-state index contributed by atoms with van der Waals surface area (Å²) in [5.74, 6) is 0. The van der Waals surface area contributed by atoms with Crippen molar-refractivity contribution in [2.45, 2.75) is 273 Å². The van der Waals surface area contributed by atoms with Gasteiger partial charge in [-0.25, -0.2) is 0 Å². The molecule has 0 saturated heterocycles. The van der Waals surface area contributed by atoms with E-state index in [2.05, 4.69) is 41.5 Å². The Labute approximate surface area is 374 Å². The van der Waals surface area contributed by atoms with Crippen LogP contribution in [0.5, 0.6) is 0 Å². The molecule has 0 aromatic rings. The average molecular weight is 959 g/mol. The van der Waals surface area contributed by atoms with Gasteiger partial charge in [-0.15, -0.1) is 0 Å². The first-order valence-electron chi connectivity index (χ1n) is 25.8. The van der Waals surface area contributed by atoms with Gasteiger partial charge in [-0.3, -0.25) is 0 Å². The molecule has 0 aliphatic heterocycles. The molecule has 0 unspecified atom stereocenters. The molecule has 58 heavy (non-hydrogen) atoms. The Kier molecular flexibility index (Phi) is 43.5. The second-order valence-electron chi connectivity index (χ2n) is 17.9. The van der Waals surface area contributed by atoms with Crippen LogP contribution in [0.25, 0.3) is 0 Å². The van der Waals surface area contributed by atoms with Crippen LogP contribution in [0.2, 0.25) is 0 Å². The minimum absolute atomic E-state index is 0.531. The minimum atomic E-state index is -4.12. The first-order chi connectivity index (χ1) is 28.1. The van der Waals surface area contributed by atoms with Crippen LogP contribution >= 0.6 is 22.1 Å². The van der Waals surface area contributed by atoms with E-state index in [1.807, 2.05) is 0 Å². The van der Waals surface area contributed by atoms with E-state index in [4.69, 9.17) is 7.80 Å². The van der Waals surface area contributed by atoms with E-state index in [1.165, 1.54) is 116 Å². The molecule has 0 atom stereocenters. The van der Waals surface area contributed by atoms with Gasteiger partial charge in [-0.2, -0.15) is 0 Å². The van der Waals surface area contributed by atoms with Gasteiger partial charge in [-0.05, 0) is 0 Å². The fourth-order valence-electron chi connectivity index (χ4n) is 7.87. The zero-order chi connectivity index (χ0) is 42.9. The van der Waals surface area contributed by atoms with Gasteiger partial charge in [0, 0.05) is 0 Å².